The van der Waals surface area contributed by atoms with Gasteiger partial charge in [0.25, 0.3) is 0 Å². The van der Waals surface area contributed by atoms with Crippen LogP contribution in [-0.2, 0) is 4.79 Å². The Morgan fingerprint density at radius 2 is 2.27 bits per heavy atom. The predicted octanol–water partition coefficient (Wildman–Crippen LogP) is 1.10. The lowest BCUT2D eigenvalue weighted by Gasteiger charge is -2.10. The Balaban J connectivity index is 2.32. The van der Waals surface area contributed by atoms with Crippen molar-refractivity contribution in [3.8, 4) is 0 Å². The summed E-state index contributed by atoms with van der Waals surface area (Å²) in [5.41, 5.74) is 1.39. The van der Waals surface area contributed by atoms with E-state index >= 15 is 0 Å². The number of carbonyl (C=O) groups is 1. The highest BCUT2D eigenvalue weighted by Gasteiger charge is 2.11. The molecule has 0 saturated carbocycles. The average molecular weight is 205 g/mol. The number of carbonyl (C=O) groups excluding carboxylic acids is 1. The van der Waals surface area contributed by atoms with Crippen molar-refractivity contribution in [3.05, 3.63) is 24.3 Å². The largest absolute Gasteiger partial charge is 0.422 e. The lowest BCUT2D eigenvalue weighted by atomic mass is 10.3. The van der Waals surface area contributed by atoms with Crippen molar-refractivity contribution >= 4 is 22.9 Å². The second-order valence-electron chi connectivity index (χ2n) is 3.29. The van der Waals surface area contributed by atoms with Gasteiger partial charge in [0.1, 0.15) is 5.52 Å². The molecule has 0 spiro atoms. The Bertz CT molecular complexity index is 459. The second-order valence-corrected chi connectivity index (χ2v) is 3.29. The minimum absolute atomic E-state index is 0.0419. The molecule has 2 rings (SSSR count). The van der Waals surface area contributed by atoms with Gasteiger partial charge in [-0.05, 0) is 19.1 Å². The molecule has 1 aromatic heterocycles. The third-order valence-corrected chi connectivity index (χ3v) is 1.92. The molecule has 0 unspecified atom stereocenters. The van der Waals surface area contributed by atoms with Crippen LogP contribution in [0.5, 0.6) is 0 Å². The maximum absolute atomic E-state index is 10.9. The second kappa shape index (κ2) is 3.70. The number of anilines is 1. The summed E-state index contributed by atoms with van der Waals surface area (Å²) in [6, 6.07) is 7.59. The molecular formula is C10H11N3O2. The van der Waals surface area contributed by atoms with Gasteiger partial charge >= 0.3 is 6.01 Å². The third kappa shape index (κ3) is 1.97. The molecule has 2 N–H and O–H groups in total. The van der Waals surface area contributed by atoms with Gasteiger partial charge in [0.15, 0.2) is 11.4 Å². The number of oxazole rings is 1. The molecule has 2 aromatic rings. The van der Waals surface area contributed by atoms with Gasteiger partial charge in [0, 0.05) is 0 Å². The number of nitrogens with zero attached hydrogens (tertiary/aromatic N) is 2. The minimum atomic E-state index is -0.0419. The normalized spacial score (nSPS) is 10.5. The van der Waals surface area contributed by atoms with E-state index in [4.69, 9.17) is 10.3 Å². The van der Waals surface area contributed by atoms with E-state index < -0.39 is 0 Å². The molecule has 15 heavy (non-hydrogen) atoms. The van der Waals surface area contributed by atoms with Crippen LogP contribution in [0, 0.1) is 0 Å². The van der Waals surface area contributed by atoms with E-state index in [2.05, 4.69) is 4.98 Å². The van der Waals surface area contributed by atoms with Crippen LogP contribution >= 0.6 is 0 Å². The first-order valence-electron chi connectivity index (χ1n) is 4.54. The Labute approximate surface area is 86.5 Å². The number of hydrazine groups is 1. The van der Waals surface area contributed by atoms with Gasteiger partial charge in [-0.25, -0.2) is 5.84 Å². The molecule has 0 aliphatic carbocycles. The van der Waals surface area contributed by atoms with Crippen LogP contribution < -0.4 is 10.9 Å². The summed E-state index contributed by atoms with van der Waals surface area (Å²) in [5.74, 6) is 5.57. The number of hydrogen-bond donors (Lipinski definition) is 1. The number of hydrogen-bond acceptors (Lipinski definition) is 5. The van der Waals surface area contributed by atoms with Crippen LogP contribution in [0.4, 0.5) is 6.01 Å². The number of aromatic nitrogens is 1. The Kier molecular flexibility index (Phi) is 2.39. The van der Waals surface area contributed by atoms with Crippen molar-refractivity contribution in [3.63, 3.8) is 0 Å². The highest BCUT2D eigenvalue weighted by Crippen LogP contribution is 2.19. The fourth-order valence-corrected chi connectivity index (χ4v) is 1.29. The number of benzene rings is 1. The van der Waals surface area contributed by atoms with Crippen molar-refractivity contribution in [2.24, 2.45) is 5.84 Å². The van der Waals surface area contributed by atoms with Crippen LogP contribution in [-0.4, -0.2) is 17.3 Å². The Hall–Kier alpha value is -1.88. The molecule has 0 saturated heterocycles. The van der Waals surface area contributed by atoms with E-state index in [0.717, 1.165) is 5.52 Å². The SMILES string of the molecule is CC(=O)CN(N)c1nc2ccccc2o1. The van der Waals surface area contributed by atoms with Gasteiger partial charge in [-0.1, -0.05) is 12.1 Å². The molecule has 0 bridgehead atoms. The maximum Gasteiger partial charge on any atom is 0.313 e. The van der Waals surface area contributed by atoms with Crippen LogP contribution in [0.1, 0.15) is 6.92 Å². The zero-order chi connectivity index (χ0) is 10.8. The first-order chi connectivity index (χ1) is 7.16. The maximum atomic E-state index is 10.9. The standard InChI is InChI=1S/C10H11N3O2/c1-7(14)6-13(11)10-12-8-4-2-3-5-9(8)15-10/h2-5H,6,11H2,1H3. The topological polar surface area (TPSA) is 72.4 Å². The van der Waals surface area contributed by atoms with Crippen molar-refractivity contribution in [1.29, 1.82) is 0 Å². The van der Waals surface area contributed by atoms with E-state index in [9.17, 15) is 4.79 Å². The van der Waals surface area contributed by atoms with Crippen molar-refractivity contribution < 1.29 is 9.21 Å². The summed E-state index contributed by atoms with van der Waals surface area (Å²) in [7, 11) is 0. The first-order valence-corrected chi connectivity index (χ1v) is 4.54. The summed E-state index contributed by atoms with van der Waals surface area (Å²) >= 11 is 0. The van der Waals surface area contributed by atoms with Gasteiger partial charge in [-0.2, -0.15) is 4.98 Å². The van der Waals surface area contributed by atoms with Crippen LogP contribution in [0.15, 0.2) is 28.7 Å². The molecule has 0 radical (unpaired) electrons. The van der Waals surface area contributed by atoms with Crippen LogP contribution in [0.25, 0.3) is 11.1 Å². The van der Waals surface area contributed by atoms with Gasteiger partial charge in [-0.3, -0.25) is 9.80 Å². The molecular weight excluding hydrogens is 194 g/mol. The first kappa shape index (κ1) is 9.67. The Morgan fingerprint density at radius 3 is 2.93 bits per heavy atom. The molecule has 5 heteroatoms. The number of ketones is 1. The molecule has 1 aromatic carbocycles. The van der Waals surface area contributed by atoms with Crippen molar-refractivity contribution in [2.45, 2.75) is 6.92 Å². The van der Waals surface area contributed by atoms with E-state index in [-0.39, 0.29) is 18.3 Å². The van der Waals surface area contributed by atoms with E-state index in [0.29, 0.717) is 5.58 Å². The molecule has 0 fully saturated rings. The van der Waals surface area contributed by atoms with Crippen molar-refractivity contribution in [1.82, 2.24) is 4.98 Å². The highest BCUT2D eigenvalue weighted by molar-refractivity contribution is 5.81. The smallest absolute Gasteiger partial charge is 0.313 e. The zero-order valence-corrected chi connectivity index (χ0v) is 8.30. The molecule has 0 amide bonds. The number of rotatable bonds is 3. The minimum Gasteiger partial charge on any atom is -0.422 e. The fourth-order valence-electron chi connectivity index (χ4n) is 1.29. The monoisotopic (exact) mass is 205 g/mol. The molecule has 0 atom stereocenters. The fraction of sp³-hybridized carbons (Fsp3) is 0.200. The van der Waals surface area contributed by atoms with Crippen LogP contribution in [0.2, 0.25) is 0 Å². The van der Waals surface area contributed by atoms with Crippen LogP contribution in [0.3, 0.4) is 0 Å². The number of para-hydroxylation sites is 2. The van der Waals surface area contributed by atoms with E-state index in [1.54, 1.807) is 6.07 Å². The Morgan fingerprint density at radius 1 is 1.53 bits per heavy atom. The lowest BCUT2D eigenvalue weighted by molar-refractivity contribution is -0.115. The summed E-state index contributed by atoms with van der Waals surface area (Å²) in [5, 5.41) is 1.20. The molecule has 0 aliphatic rings. The molecule has 78 valence electrons. The van der Waals surface area contributed by atoms with E-state index in [1.165, 1.54) is 11.9 Å². The molecule has 0 aliphatic heterocycles. The number of nitrogens with two attached hydrogens (primary N) is 1. The highest BCUT2D eigenvalue weighted by atomic mass is 16.4. The third-order valence-electron chi connectivity index (χ3n) is 1.92. The number of fused-ring (bicyclic) bond motifs is 1. The average Bonchev–Trinajstić information content (AvgIpc) is 2.59. The van der Waals surface area contributed by atoms with Gasteiger partial charge < -0.3 is 4.42 Å². The van der Waals surface area contributed by atoms with Gasteiger partial charge in [0.2, 0.25) is 0 Å². The predicted molar refractivity (Wildman–Crippen MR) is 56.2 cm³/mol. The molecule has 5 nitrogen and oxygen atoms in total. The van der Waals surface area contributed by atoms with Gasteiger partial charge in [0.05, 0.1) is 6.54 Å². The summed E-state index contributed by atoms with van der Waals surface area (Å²) in [6.45, 7) is 1.55. The summed E-state index contributed by atoms with van der Waals surface area (Å²) < 4.78 is 5.37. The summed E-state index contributed by atoms with van der Waals surface area (Å²) in [6.07, 6.45) is 0. The lowest BCUT2D eigenvalue weighted by Crippen LogP contribution is -2.35. The number of Topliss-reactive ketones (excluding diaryl/α,β-unsaturated/α-hetero) is 1. The van der Waals surface area contributed by atoms with Crippen molar-refractivity contribution in [2.75, 3.05) is 11.6 Å². The zero-order valence-electron chi connectivity index (χ0n) is 8.30. The van der Waals surface area contributed by atoms with E-state index in [1.807, 2.05) is 18.2 Å². The van der Waals surface area contributed by atoms with Gasteiger partial charge in [-0.15, -0.1) is 0 Å². The quantitative estimate of drug-likeness (QED) is 0.600. The molecule has 1 heterocycles. The summed E-state index contributed by atoms with van der Waals surface area (Å²) in [4.78, 5) is 15.0.